The number of carbonyl (C=O) groups excluding carboxylic acids is 1. The number of para-hydroxylation sites is 1. The summed E-state index contributed by atoms with van der Waals surface area (Å²) in [6, 6.07) is 15.6. The summed E-state index contributed by atoms with van der Waals surface area (Å²) in [6.45, 7) is 4.80. The zero-order chi connectivity index (χ0) is 26.4. The monoisotopic (exact) mass is 506 g/mol. The van der Waals surface area contributed by atoms with Crippen LogP contribution in [-0.2, 0) is 16.0 Å². The molecule has 2 unspecified atom stereocenters. The number of amides is 1. The molecule has 3 atom stereocenters. The fourth-order valence-electron chi connectivity index (χ4n) is 4.68. The fraction of sp³-hybridized carbons (Fsp3) is 0.429. The van der Waals surface area contributed by atoms with E-state index in [1.165, 1.54) is 0 Å². The summed E-state index contributed by atoms with van der Waals surface area (Å²) >= 11 is 0. The molecule has 4 rings (SSSR count). The Labute approximate surface area is 217 Å². The van der Waals surface area contributed by atoms with Crippen molar-refractivity contribution in [3.05, 3.63) is 60.2 Å². The number of aliphatic imine (C=N–C) groups is 1. The van der Waals surface area contributed by atoms with Gasteiger partial charge in [-0.3, -0.25) is 19.7 Å². The second kappa shape index (κ2) is 11.9. The molecule has 196 valence electrons. The van der Waals surface area contributed by atoms with Crippen LogP contribution in [0.2, 0.25) is 0 Å². The van der Waals surface area contributed by atoms with Crippen LogP contribution >= 0.6 is 0 Å². The number of benzene rings is 2. The maximum atomic E-state index is 13.3. The lowest BCUT2D eigenvalue weighted by Crippen LogP contribution is -2.56. The summed E-state index contributed by atoms with van der Waals surface area (Å²) in [6.07, 6.45) is 1.69. The third kappa shape index (κ3) is 6.10. The Balaban J connectivity index is 1.33. The average Bonchev–Trinajstić information content (AvgIpc) is 3.21. The number of aliphatic carboxylic acids is 1. The van der Waals surface area contributed by atoms with E-state index < -0.39 is 18.1 Å². The van der Waals surface area contributed by atoms with Gasteiger partial charge in [0.1, 0.15) is 30.0 Å². The molecule has 9 nitrogen and oxygen atoms in total. The van der Waals surface area contributed by atoms with Crippen molar-refractivity contribution in [1.82, 2.24) is 9.91 Å². The lowest BCUT2D eigenvalue weighted by Gasteiger charge is -2.35. The van der Waals surface area contributed by atoms with Crippen LogP contribution < -0.4 is 9.47 Å². The smallest absolute Gasteiger partial charge is 0.345 e. The van der Waals surface area contributed by atoms with Crippen molar-refractivity contribution in [3.63, 3.8) is 0 Å². The second-order valence-electron chi connectivity index (χ2n) is 9.15. The molecule has 0 saturated heterocycles. The van der Waals surface area contributed by atoms with E-state index in [4.69, 9.17) is 14.5 Å². The Morgan fingerprint density at radius 3 is 2.46 bits per heavy atom. The molecule has 0 aromatic heterocycles. The minimum atomic E-state index is -1.02. The van der Waals surface area contributed by atoms with Gasteiger partial charge in [-0.2, -0.15) is 5.10 Å². The number of carboxylic acid groups (broad SMARTS) is 1. The van der Waals surface area contributed by atoms with Crippen LogP contribution in [0.5, 0.6) is 11.5 Å². The molecule has 0 aliphatic carbocycles. The van der Waals surface area contributed by atoms with Gasteiger partial charge >= 0.3 is 5.97 Å². The van der Waals surface area contributed by atoms with Crippen molar-refractivity contribution in [2.75, 3.05) is 20.2 Å². The molecule has 0 radical (unpaired) electrons. The molecule has 2 aliphatic rings. The van der Waals surface area contributed by atoms with Gasteiger partial charge in [-0.05, 0) is 36.2 Å². The number of hydrogen-bond acceptors (Lipinski definition) is 7. The van der Waals surface area contributed by atoms with Gasteiger partial charge in [0, 0.05) is 19.9 Å². The average molecular weight is 507 g/mol. The van der Waals surface area contributed by atoms with Gasteiger partial charge < -0.3 is 14.6 Å². The van der Waals surface area contributed by atoms with E-state index in [0.717, 1.165) is 30.0 Å². The molecule has 0 fully saturated rings. The molecule has 0 bridgehead atoms. The van der Waals surface area contributed by atoms with Crippen LogP contribution in [0.25, 0.3) is 0 Å². The molecule has 0 spiro atoms. The predicted octanol–water partition coefficient (Wildman–Crippen LogP) is 3.63. The normalized spacial score (nSPS) is 19.7. The maximum Gasteiger partial charge on any atom is 0.345 e. The third-order valence-corrected chi connectivity index (χ3v) is 6.50. The van der Waals surface area contributed by atoms with Crippen molar-refractivity contribution < 1.29 is 24.2 Å². The lowest BCUT2D eigenvalue weighted by atomic mass is 9.98. The van der Waals surface area contributed by atoms with Crippen molar-refractivity contribution in [1.29, 1.82) is 0 Å². The number of likely N-dealkylation sites (N-methyl/N-ethyl adjacent to an activating group) is 1. The Morgan fingerprint density at radius 1 is 1.08 bits per heavy atom. The standard InChI is InChI=1S/C28H34N4O5/c1-4-9-22-25-26(31(3)30-22)27(33)32(24(5-2)29-25)16-17-36-20-14-12-19(13-15-20)18-23(28(34)35)37-21-10-7-6-8-11-21/h6-8,10-15,23,25-26H,4-5,9,16-18H2,1-3H3,(H,34,35)/t23-,25?,26?/m0/s1. The van der Waals surface area contributed by atoms with Crippen LogP contribution in [0, 0.1) is 0 Å². The quantitative estimate of drug-likeness (QED) is 0.472. The first-order valence-electron chi connectivity index (χ1n) is 12.8. The number of amidine groups is 1. The first kappa shape index (κ1) is 26.2. The Morgan fingerprint density at radius 2 is 1.81 bits per heavy atom. The van der Waals surface area contributed by atoms with Crippen LogP contribution in [0.1, 0.15) is 38.7 Å². The largest absolute Gasteiger partial charge is 0.492 e. The molecule has 1 N–H and O–H groups in total. The van der Waals surface area contributed by atoms with Crippen LogP contribution in [0.4, 0.5) is 0 Å². The van der Waals surface area contributed by atoms with Gasteiger partial charge in [0.15, 0.2) is 12.1 Å². The molecule has 2 aromatic rings. The topological polar surface area (TPSA) is 104 Å². The molecule has 0 saturated carbocycles. The SMILES string of the molecule is CCCC1=NN(C)C2C(=O)N(CCOc3ccc(C[C@H](Oc4ccccc4)C(=O)O)cc3)C(CC)=NC12. The Kier molecular flexibility index (Phi) is 8.43. The van der Waals surface area contributed by atoms with E-state index in [9.17, 15) is 14.7 Å². The van der Waals surface area contributed by atoms with Crippen LogP contribution in [0.3, 0.4) is 0 Å². The lowest BCUT2D eigenvalue weighted by molar-refractivity contribution is -0.145. The van der Waals surface area contributed by atoms with Gasteiger partial charge in [-0.25, -0.2) is 4.79 Å². The van der Waals surface area contributed by atoms with Crippen molar-refractivity contribution in [2.24, 2.45) is 10.1 Å². The summed E-state index contributed by atoms with van der Waals surface area (Å²) < 4.78 is 11.6. The molecule has 2 aliphatic heterocycles. The molecule has 2 aromatic carbocycles. The number of hydrazone groups is 1. The number of carbonyl (C=O) groups is 2. The minimum absolute atomic E-state index is 0.00581. The first-order chi connectivity index (χ1) is 17.9. The summed E-state index contributed by atoms with van der Waals surface area (Å²) in [7, 11) is 1.83. The number of nitrogens with zero attached hydrogens (tertiary/aromatic N) is 4. The van der Waals surface area contributed by atoms with Crippen molar-refractivity contribution >= 4 is 23.4 Å². The van der Waals surface area contributed by atoms with E-state index in [0.29, 0.717) is 31.1 Å². The van der Waals surface area contributed by atoms with Gasteiger partial charge in [-0.15, -0.1) is 0 Å². The van der Waals surface area contributed by atoms with E-state index in [-0.39, 0.29) is 18.4 Å². The number of rotatable bonds is 12. The molecule has 9 heteroatoms. The van der Waals surface area contributed by atoms with Gasteiger partial charge in [0.05, 0.1) is 12.3 Å². The van der Waals surface area contributed by atoms with Crippen molar-refractivity contribution in [3.8, 4) is 11.5 Å². The molecule has 1 amide bonds. The Hall–Kier alpha value is -3.88. The van der Waals surface area contributed by atoms with Gasteiger partial charge in [0.25, 0.3) is 5.91 Å². The summed E-state index contributed by atoms with van der Waals surface area (Å²) in [5.74, 6) is 0.906. The highest BCUT2D eigenvalue weighted by Gasteiger charge is 2.46. The highest BCUT2D eigenvalue weighted by Crippen LogP contribution is 2.27. The number of fused-ring (bicyclic) bond motifs is 1. The molecular formula is C28H34N4O5. The second-order valence-corrected chi connectivity index (χ2v) is 9.15. The first-order valence-corrected chi connectivity index (χ1v) is 12.8. The van der Waals surface area contributed by atoms with E-state index >= 15 is 0 Å². The summed E-state index contributed by atoms with van der Waals surface area (Å²) in [5.41, 5.74) is 1.80. The van der Waals surface area contributed by atoms with E-state index in [2.05, 4.69) is 12.0 Å². The Bertz CT molecular complexity index is 1150. The zero-order valence-corrected chi connectivity index (χ0v) is 21.5. The summed E-state index contributed by atoms with van der Waals surface area (Å²) in [5, 5.41) is 15.9. The fourth-order valence-corrected chi connectivity index (χ4v) is 4.68. The predicted molar refractivity (Wildman–Crippen MR) is 141 cm³/mol. The van der Waals surface area contributed by atoms with Crippen LogP contribution in [-0.4, -0.2) is 76.8 Å². The number of hydrogen-bond donors (Lipinski definition) is 1. The number of ether oxygens (including phenoxy) is 2. The van der Waals surface area contributed by atoms with Gasteiger partial charge in [0.2, 0.25) is 0 Å². The zero-order valence-electron chi connectivity index (χ0n) is 21.5. The number of carboxylic acids is 1. The van der Waals surface area contributed by atoms with E-state index in [1.54, 1.807) is 46.3 Å². The molecular weight excluding hydrogens is 472 g/mol. The van der Waals surface area contributed by atoms with E-state index in [1.807, 2.05) is 32.2 Å². The van der Waals surface area contributed by atoms with Gasteiger partial charge in [-0.1, -0.05) is 50.6 Å². The maximum absolute atomic E-state index is 13.3. The summed E-state index contributed by atoms with van der Waals surface area (Å²) in [4.78, 5) is 31.6. The highest BCUT2D eigenvalue weighted by molar-refractivity contribution is 6.09. The highest BCUT2D eigenvalue weighted by atomic mass is 16.5. The molecule has 2 heterocycles. The van der Waals surface area contributed by atoms with Crippen molar-refractivity contribution in [2.45, 2.75) is 57.7 Å². The molecule has 37 heavy (non-hydrogen) atoms. The third-order valence-electron chi connectivity index (χ3n) is 6.50. The minimum Gasteiger partial charge on any atom is -0.492 e. The van der Waals surface area contributed by atoms with Crippen LogP contribution in [0.15, 0.2) is 64.7 Å².